The molecule has 0 saturated carbocycles. The average molecular weight is 440 g/mol. The van der Waals surface area contributed by atoms with E-state index in [-0.39, 0.29) is 18.4 Å². The lowest BCUT2D eigenvalue weighted by Crippen LogP contribution is -2.40. The Morgan fingerprint density at radius 1 is 0.938 bits per heavy atom. The third kappa shape index (κ3) is 7.57. The Balaban J connectivity index is 1.39. The van der Waals surface area contributed by atoms with E-state index >= 15 is 0 Å². The molecule has 7 nitrogen and oxygen atoms in total. The lowest BCUT2D eigenvalue weighted by Gasteiger charge is -2.26. The van der Waals surface area contributed by atoms with Crippen LogP contribution >= 0.6 is 0 Å². The summed E-state index contributed by atoms with van der Waals surface area (Å²) >= 11 is 0. The van der Waals surface area contributed by atoms with Crippen molar-refractivity contribution >= 4 is 23.2 Å². The summed E-state index contributed by atoms with van der Waals surface area (Å²) in [4.78, 5) is 26.5. The van der Waals surface area contributed by atoms with Crippen molar-refractivity contribution in [3.05, 3.63) is 54.1 Å². The van der Waals surface area contributed by atoms with Crippen molar-refractivity contribution in [2.75, 3.05) is 50.1 Å². The molecule has 0 aromatic heterocycles. The van der Waals surface area contributed by atoms with Gasteiger partial charge in [-0.1, -0.05) is 26.2 Å². The number of nitrogens with zero attached hydrogens (tertiary/aromatic N) is 1. The largest absolute Gasteiger partial charge is 0.494 e. The van der Waals surface area contributed by atoms with Crippen LogP contribution in [0.3, 0.4) is 0 Å². The molecule has 0 radical (unpaired) electrons. The molecule has 1 heterocycles. The highest BCUT2D eigenvalue weighted by molar-refractivity contribution is 5.96. The minimum absolute atomic E-state index is 0.0128. The topological polar surface area (TPSA) is 79.9 Å². The highest BCUT2D eigenvalue weighted by atomic mass is 16.5. The highest BCUT2D eigenvalue weighted by Gasteiger charge is 2.18. The van der Waals surface area contributed by atoms with Gasteiger partial charge in [0.15, 0.2) is 0 Å². The Labute approximate surface area is 190 Å². The van der Waals surface area contributed by atoms with Gasteiger partial charge < -0.3 is 25.0 Å². The number of nitrogens with one attached hydrogen (secondary N) is 2. The van der Waals surface area contributed by atoms with E-state index in [9.17, 15) is 9.59 Å². The van der Waals surface area contributed by atoms with Crippen molar-refractivity contribution in [2.24, 2.45) is 0 Å². The number of morpholine rings is 1. The lowest BCUT2D eigenvalue weighted by molar-refractivity contribution is -0.114. The van der Waals surface area contributed by atoms with Gasteiger partial charge in [-0.2, -0.15) is 0 Å². The third-order valence-electron chi connectivity index (χ3n) is 5.29. The maximum Gasteiger partial charge on any atom is 0.254 e. The fraction of sp³-hybridized carbons (Fsp3) is 0.440. The number of ether oxygens (including phenoxy) is 2. The van der Waals surface area contributed by atoms with Crippen molar-refractivity contribution in [3.63, 3.8) is 0 Å². The van der Waals surface area contributed by atoms with Gasteiger partial charge in [0.1, 0.15) is 5.75 Å². The van der Waals surface area contributed by atoms with Crippen LogP contribution in [0.25, 0.3) is 0 Å². The van der Waals surface area contributed by atoms with Crippen molar-refractivity contribution in [1.82, 2.24) is 4.90 Å². The summed E-state index contributed by atoms with van der Waals surface area (Å²) in [6.07, 6.45) is 4.72. The molecule has 0 unspecified atom stereocenters. The summed E-state index contributed by atoms with van der Waals surface area (Å²) in [7, 11) is 0. The molecule has 0 atom stereocenters. The summed E-state index contributed by atoms with van der Waals surface area (Å²) < 4.78 is 11.0. The van der Waals surface area contributed by atoms with E-state index in [1.165, 1.54) is 19.3 Å². The molecule has 2 N–H and O–H groups in total. The standard InChI is InChI=1S/C25H33N3O4/c1-2-3-4-5-16-32-23-12-10-21(11-13-23)26-19-24(29)27-22-8-6-20(7-9-22)25(30)28-14-17-31-18-15-28/h6-13,26H,2-5,14-19H2,1H3,(H,27,29). The van der Waals surface area contributed by atoms with Gasteiger partial charge in [0.25, 0.3) is 5.91 Å². The molecule has 0 spiro atoms. The molecule has 2 amide bonds. The van der Waals surface area contributed by atoms with Crippen LogP contribution in [0, 0.1) is 0 Å². The van der Waals surface area contributed by atoms with Crippen molar-refractivity contribution < 1.29 is 19.1 Å². The molecular formula is C25H33N3O4. The van der Waals surface area contributed by atoms with Gasteiger partial charge in [0.05, 0.1) is 26.4 Å². The van der Waals surface area contributed by atoms with Crippen LogP contribution in [0.1, 0.15) is 43.0 Å². The molecule has 2 aromatic carbocycles. The van der Waals surface area contributed by atoms with E-state index in [2.05, 4.69) is 17.6 Å². The average Bonchev–Trinajstić information content (AvgIpc) is 2.84. The Bertz CT molecular complexity index is 846. The van der Waals surface area contributed by atoms with Crippen molar-refractivity contribution in [3.8, 4) is 5.75 Å². The lowest BCUT2D eigenvalue weighted by atomic mass is 10.1. The predicted molar refractivity (Wildman–Crippen MR) is 126 cm³/mol. The quantitative estimate of drug-likeness (QED) is 0.514. The second-order valence-corrected chi connectivity index (χ2v) is 7.82. The van der Waals surface area contributed by atoms with Gasteiger partial charge in [-0.15, -0.1) is 0 Å². The first-order valence-corrected chi connectivity index (χ1v) is 11.4. The Morgan fingerprint density at radius 3 is 2.31 bits per heavy atom. The Hall–Kier alpha value is -3.06. The van der Waals surface area contributed by atoms with E-state index in [0.29, 0.717) is 37.6 Å². The van der Waals surface area contributed by atoms with Crippen LogP contribution in [0.4, 0.5) is 11.4 Å². The van der Waals surface area contributed by atoms with E-state index in [0.717, 1.165) is 24.5 Å². The van der Waals surface area contributed by atoms with Gasteiger partial charge in [-0.05, 0) is 55.0 Å². The van der Waals surface area contributed by atoms with Crippen LogP contribution in [-0.2, 0) is 9.53 Å². The molecule has 2 aromatic rings. The van der Waals surface area contributed by atoms with Crippen molar-refractivity contribution in [1.29, 1.82) is 0 Å². The first kappa shape index (κ1) is 23.6. The minimum Gasteiger partial charge on any atom is -0.494 e. The highest BCUT2D eigenvalue weighted by Crippen LogP contribution is 2.17. The molecular weight excluding hydrogens is 406 g/mol. The van der Waals surface area contributed by atoms with E-state index in [1.54, 1.807) is 29.2 Å². The van der Waals surface area contributed by atoms with E-state index in [4.69, 9.17) is 9.47 Å². The molecule has 1 fully saturated rings. The van der Waals surface area contributed by atoms with Crippen LogP contribution in [-0.4, -0.2) is 56.2 Å². The van der Waals surface area contributed by atoms with Gasteiger partial charge in [-0.25, -0.2) is 0 Å². The summed E-state index contributed by atoms with van der Waals surface area (Å²) in [5, 5.41) is 5.95. The second-order valence-electron chi connectivity index (χ2n) is 7.82. The van der Waals surface area contributed by atoms with E-state index < -0.39 is 0 Å². The zero-order valence-corrected chi connectivity index (χ0v) is 18.8. The number of anilines is 2. The SMILES string of the molecule is CCCCCCOc1ccc(NCC(=O)Nc2ccc(C(=O)N3CCOCC3)cc2)cc1. The maximum absolute atomic E-state index is 12.5. The number of hydrogen-bond acceptors (Lipinski definition) is 5. The number of amides is 2. The maximum atomic E-state index is 12.5. The number of carbonyl (C=O) groups is 2. The van der Waals surface area contributed by atoms with E-state index in [1.807, 2.05) is 24.3 Å². The minimum atomic E-state index is -0.159. The molecule has 0 bridgehead atoms. The summed E-state index contributed by atoms with van der Waals surface area (Å²) in [5.74, 6) is 0.665. The first-order valence-electron chi connectivity index (χ1n) is 11.4. The van der Waals surface area contributed by atoms with Crippen molar-refractivity contribution in [2.45, 2.75) is 32.6 Å². The first-order chi connectivity index (χ1) is 15.7. The predicted octanol–water partition coefficient (Wildman–Crippen LogP) is 4.17. The normalized spacial score (nSPS) is 13.5. The van der Waals surface area contributed by atoms with Gasteiger partial charge in [0, 0.05) is 30.0 Å². The monoisotopic (exact) mass is 439 g/mol. The Kier molecular flexibility index (Phi) is 9.37. The third-order valence-corrected chi connectivity index (χ3v) is 5.29. The molecule has 7 heteroatoms. The zero-order valence-electron chi connectivity index (χ0n) is 18.8. The number of carbonyl (C=O) groups excluding carboxylic acids is 2. The summed E-state index contributed by atoms with van der Waals surface area (Å²) in [5.41, 5.74) is 2.11. The molecule has 32 heavy (non-hydrogen) atoms. The van der Waals surface area contributed by atoms with Crippen LogP contribution < -0.4 is 15.4 Å². The number of benzene rings is 2. The van der Waals surface area contributed by atoms with Gasteiger partial charge in [-0.3, -0.25) is 9.59 Å². The molecule has 1 aliphatic heterocycles. The molecule has 172 valence electrons. The number of hydrogen-bond donors (Lipinski definition) is 2. The molecule has 1 saturated heterocycles. The van der Waals surface area contributed by atoms with Crippen LogP contribution in [0.2, 0.25) is 0 Å². The molecule has 3 rings (SSSR count). The smallest absolute Gasteiger partial charge is 0.254 e. The fourth-order valence-electron chi connectivity index (χ4n) is 3.42. The van der Waals surface area contributed by atoms with Gasteiger partial charge >= 0.3 is 0 Å². The zero-order chi connectivity index (χ0) is 22.6. The second kappa shape index (κ2) is 12.7. The Morgan fingerprint density at radius 2 is 1.62 bits per heavy atom. The summed E-state index contributed by atoms with van der Waals surface area (Å²) in [6, 6.07) is 14.6. The van der Waals surface area contributed by atoms with Crippen LogP contribution in [0.5, 0.6) is 5.75 Å². The molecule has 0 aliphatic carbocycles. The number of unbranched alkanes of at least 4 members (excludes halogenated alkanes) is 3. The van der Waals surface area contributed by atoms with Gasteiger partial charge in [0.2, 0.25) is 5.91 Å². The number of rotatable bonds is 11. The summed E-state index contributed by atoms with van der Waals surface area (Å²) in [6.45, 7) is 5.42. The molecule has 1 aliphatic rings. The fourth-order valence-corrected chi connectivity index (χ4v) is 3.42. The van der Waals surface area contributed by atoms with Crippen LogP contribution in [0.15, 0.2) is 48.5 Å².